The van der Waals surface area contributed by atoms with Crippen LogP contribution in [0.5, 0.6) is 5.75 Å². The Bertz CT molecular complexity index is 445. The van der Waals surface area contributed by atoms with Crippen LogP contribution in [0, 0.1) is 12.8 Å². The Labute approximate surface area is 119 Å². The highest BCUT2D eigenvalue weighted by Crippen LogP contribution is 2.17. The van der Waals surface area contributed by atoms with Crippen LogP contribution < -0.4 is 10.1 Å². The molecule has 1 aliphatic rings. The van der Waals surface area contributed by atoms with Gasteiger partial charge in [0.05, 0.1) is 18.8 Å². The molecule has 5 heteroatoms. The molecule has 1 aromatic heterocycles. The topological polar surface area (TPSA) is 60.5 Å². The van der Waals surface area contributed by atoms with Crippen LogP contribution >= 0.6 is 0 Å². The molecule has 0 radical (unpaired) electrons. The second kappa shape index (κ2) is 6.70. The average molecular weight is 278 g/mol. The van der Waals surface area contributed by atoms with Crippen LogP contribution in [0.3, 0.4) is 0 Å². The Hall–Kier alpha value is -1.62. The molecule has 1 fully saturated rings. The van der Waals surface area contributed by atoms with Crippen LogP contribution in [0.25, 0.3) is 0 Å². The molecule has 5 nitrogen and oxygen atoms in total. The molecule has 110 valence electrons. The number of carbonyl (C=O) groups excluding carboxylic acids is 1. The smallest absolute Gasteiger partial charge is 0.222 e. The van der Waals surface area contributed by atoms with Gasteiger partial charge in [-0.3, -0.25) is 9.78 Å². The van der Waals surface area contributed by atoms with Crippen molar-refractivity contribution in [3.05, 3.63) is 24.0 Å². The molecule has 0 spiro atoms. The molecule has 0 aliphatic carbocycles. The highest BCUT2D eigenvalue weighted by molar-refractivity contribution is 5.78. The van der Waals surface area contributed by atoms with Crippen molar-refractivity contribution in [1.29, 1.82) is 0 Å². The number of amides is 1. The van der Waals surface area contributed by atoms with E-state index in [2.05, 4.69) is 10.3 Å². The summed E-state index contributed by atoms with van der Waals surface area (Å²) in [6.45, 7) is 6.83. The summed E-state index contributed by atoms with van der Waals surface area (Å²) in [4.78, 5) is 16.0. The maximum absolute atomic E-state index is 11.8. The zero-order valence-electron chi connectivity index (χ0n) is 12.3. The molecule has 0 saturated carbocycles. The summed E-state index contributed by atoms with van der Waals surface area (Å²) < 4.78 is 11.4. The Morgan fingerprint density at radius 3 is 2.95 bits per heavy atom. The number of hydrogen-bond donors (Lipinski definition) is 1. The van der Waals surface area contributed by atoms with E-state index in [1.165, 1.54) is 0 Å². The van der Waals surface area contributed by atoms with Crippen molar-refractivity contribution in [1.82, 2.24) is 10.3 Å². The summed E-state index contributed by atoms with van der Waals surface area (Å²) in [5.41, 5.74) is 0.946. The van der Waals surface area contributed by atoms with E-state index in [-0.39, 0.29) is 24.0 Å². The van der Waals surface area contributed by atoms with Crippen LogP contribution in [0.1, 0.15) is 26.0 Å². The fourth-order valence-corrected chi connectivity index (χ4v) is 2.04. The molecule has 1 saturated heterocycles. The van der Waals surface area contributed by atoms with Crippen molar-refractivity contribution >= 4 is 5.91 Å². The lowest BCUT2D eigenvalue weighted by Gasteiger charge is -2.32. The SMILES string of the molecule is Cc1ccc(O[C@H]2COCC[C@H]2NC(=O)C(C)C)cn1. The summed E-state index contributed by atoms with van der Waals surface area (Å²) in [5, 5.41) is 3.04. The van der Waals surface area contributed by atoms with E-state index in [9.17, 15) is 4.79 Å². The minimum Gasteiger partial charge on any atom is -0.484 e. The largest absolute Gasteiger partial charge is 0.484 e. The Kier molecular flexibility index (Phi) is 4.95. The number of rotatable bonds is 4. The van der Waals surface area contributed by atoms with Crippen LogP contribution in [-0.4, -0.2) is 36.3 Å². The lowest BCUT2D eigenvalue weighted by Crippen LogP contribution is -2.52. The normalized spacial score (nSPS) is 22.6. The molecule has 2 rings (SSSR count). The van der Waals surface area contributed by atoms with Crippen molar-refractivity contribution in [3.8, 4) is 5.75 Å². The molecule has 20 heavy (non-hydrogen) atoms. The molecule has 1 aliphatic heterocycles. The first-order chi connectivity index (χ1) is 9.56. The van der Waals surface area contributed by atoms with Crippen molar-refractivity contribution in [2.45, 2.75) is 39.3 Å². The minimum atomic E-state index is -0.170. The van der Waals surface area contributed by atoms with E-state index in [0.29, 0.717) is 19.0 Å². The molecule has 0 bridgehead atoms. The standard InChI is InChI=1S/C15H22N2O3/c1-10(2)15(18)17-13-6-7-19-9-14(13)20-12-5-4-11(3)16-8-12/h4-5,8,10,13-14H,6-7,9H2,1-3H3,(H,17,18)/t13-,14+/m1/s1. The molecule has 1 N–H and O–H groups in total. The Morgan fingerprint density at radius 2 is 2.30 bits per heavy atom. The second-order valence-corrected chi connectivity index (χ2v) is 5.42. The number of pyridine rings is 1. The van der Waals surface area contributed by atoms with Gasteiger partial charge in [-0.25, -0.2) is 0 Å². The highest BCUT2D eigenvalue weighted by Gasteiger charge is 2.29. The minimum absolute atomic E-state index is 0.0139. The van der Waals surface area contributed by atoms with Gasteiger partial charge in [-0.15, -0.1) is 0 Å². The van der Waals surface area contributed by atoms with Crippen molar-refractivity contribution < 1.29 is 14.3 Å². The van der Waals surface area contributed by atoms with Crippen LogP contribution in [-0.2, 0) is 9.53 Å². The first-order valence-corrected chi connectivity index (χ1v) is 7.03. The van der Waals surface area contributed by atoms with Crippen molar-refractivity contribution in [2.75, 3.05) is 13.2 Å². The van der Waals surface area contributed by atoms with E-state index < -0.39 is 0 Å². The van der Waals surface area contributed by atoms with Gasteiger partial charge in [0, 0.05) is 18.2 Å². The number of hydrogen-bond acceptors (Lipinski definition) is 4. The monoisotopic (exact) mass is 278 g/mol. The van der Waals surface area contributed by atoms with Gasteiger partial charge < -0.3 is 14.8 Å². The number of nitrogens with one attached hydrogen (secondary N) is 1. The summed E-state index contributed by atoms with van der Waals surface area (Å²) in [5.74, 6) is 0.724. The quantitative estimate of drug-likeness (QED) is 0.910. The lowest BCUT2D eigenvalue weighted by molar-refractivity contribution is -0.126. The van der Waals surface area contributed by atoms with Gasteiger partial charge in [-0.1, -0.05) is 13.8 Å². The maximum atomic E-state index is 11.8. The van der Waals surface area contributed by atoms with Gasteiger partial charge in [0.2, 0.25) is 5.91 Å². The van der Waals surface area contributed by atoms with Gasteiger partial charge in [0.25, 0.3) is 0 Å². The third-order valence-corrected chi connectivity index (χ3v) is 3.33. The van der Waals surface area contributed by atoms with Crippen molar-refractivity contribution in [3.63, 3.8) is 0 Å². The van der Waals surface area contributed by atoms with E-state index in [1.54, 1.807) is 6.20 Å². The third kappa shape index (κ3) is 3.93. The summed E-state index contributed by atoms with van der Waals surface area (Å²) in [7, 11) is 0. The third-order valence-electron chi connectivity index (χ3n) is 3.33. The molecular weight excluding hydrogens is 256 g/mol. The summed E-state index contributed by atoms with van der Waals surface area (Å²) in [6, 6.07) is 3.78. The first kappa shape index (κ1) is 14.8. The number of aryl methyl sites for hydroxylation is 1. The van der Waals surface area contributed by atoms with Gasteiger partial charge >= 0.3 is 0 Å². The van der Waals surface area contributed by atoms with Gasteiger partial charge in [0.15, 0.2) is 0 Å². The number of carbonyl (C=O) groups is 1. The van der Waals surface area contributed by atoms with E-state index in [1.807, 2.05) is 32.9 Å². The molecule has 1 aromatic rings. The Morgan fingerprint density at radius 1 is 1.50 bits per heavy atom. The average Bonchev–Trinajstić information content (AvgIpc) is 2.43. The van der Waals surface area contributed by atoms with Gasteiger partial charge in [-0.2, -0.15) is 0 Å². The summed E-state index contributed by atoms with van der Waals surface area (Å²) >= 11 is 0. The molecule has 2 heterocycles. The van der Waals surface area contributed by atoms with Crippen LogP contribution in [0.4, 0.5) is 0 Å². The van der Waals surface area contributed by atoms with E-state index in [0.717, 1.165) is 12.1 Å². The predicted octanol–water partition coefficient (Wildman–Crippen LogP) is 1.70. The Balaban J connectivity index is 1.99. The highest BCUT2D eigenvalue weighted by atomic mass is 16.5. The van der Waals surface area contributed by atoms with Crippen LogP contribution in [0.15, 0.2) is 18.3 Å². The molecule has 0 unspecified atom stereocenters. The predicted molar refractivity (Wildman–Crippen MR) is 75.6 cm³/mol. The van der Waals surface area contributed by atoms with Crippen LogP contribution in [0.2, 0.25) is 0 Å². The molecule has 0 aromatic carbocycles. The number of nitrogens with zero attached hydrogens (tertiary/aromatic N) is 1. The fourth-order valence-electron chi connectivity index (χ4n) is 2.04. The second-order valence-electron chi connectivity index (χ2n) is 5.42. The molecular formula is C15H22N2O3. The van der Waals surface area contributed by atoms with Gasteiger partial charge in [0.1, 0.15) is 11.9 Å². The fraction of sp³-hybridized carbons (Fsp3) is 0.600. The number of ether oxygens (including phenoxy) is 2. The van der Waals surface area contributed by atoms with E-state index in [4.69, 9.17) is 9.47 Å². The maximum Gasteiger partial charge on any atom is 0.222 e. The zero-order chi connectivity index (χ0) is 14.5. The lowest BCUT2D eigenvalue weighted by atomic mass is 10.0. The molecule has 1 amide bonds. The number of aromatic nitrogens is 1. The van der Waals surface area contributed by atoms with E-state index >= 15 is 0 Å². The molecule has 2 atom stereocenters. The first-order valence-electron chi connectivity index (χ1n) is 7.03. The van der Waals surface area contributed by atoms with Crippen molar-refractivity contribution in [2.24, 2.45) is 5.92 Å². The zero-order valence-corrected chi connectivity index (χ0v) is 12.3. The summed E-state index contributed by atoms with van der Waals surface area (Å²) in [6.07, 6.45) is 2.30. The van der Waals surface area contributed by atoms with Gasteiger partial charge in [-0.05, 0) is 25.5 Å².